The molecule has 0 radical (unpaired) electrons. The predicted octanol–water partition coefficient (Wildman–Crippen LogP) is 4.04. The number of hydrogen-bond donors (Lipinski definition) is 1. The van der Waals surface area contributed by atoms with Crippen LogP contribution >= 0.6 is 0 Å². The Hall–Kier alpha value is -2.62. The number of rotatable bonds is 5. The molecule has 0 aliphatic carbocycles. The van der Waals surface area contributed by atoms with Crippen molar-refractivity contribution in [2.45, 2.75) is 27.7 Å². The van der Waals surface area contributed by atoms with Crippen LogP contribution in [0.1, 0.15) is 45.7 Å². The van der Waals surface area contributed by atoms with E-state index in [0.717, 1.165) is 16.8 Å². The summed E-state index contributed by atoms with van der Waals surface area (Å²) in [5.74, 6) is -0.266. The first-order valence-electron chi connectivity index (χ1n) is 8.24. The number of nitrogens with one attached hydrogen (secondary N) is 1. The minimum absolute atomic E-state index is 0.0545. The van der Waals surface area contributed by atoms with Crippen molar-refractivity contribution in [1.82, 2.24) is 4.90 Å². The second-order valence-electron chi connectivity index (χ2n) is 5.83. The van der Waals surface area contributed by atoms with E-state index >= 15 is 0 Å². The third-order valence-corrected chi connectivity index (χ3v) is 4.05. The smallest absolute Gasteiger partial charge is 0.255 e. The standard InChI is InChI=1S/C20H24N2O2/c1-5-22(6-2)20(24)17-9-7-8-16(13-17)19(23)21-18-11-10-14(3)12-15(18)4/h7-13H,5-6H2,1-4H3,(H,21,23). The van der Waals surface area contributed by atoms with Gasteiger partial charge in [-0.2, -0.15) is 0 Å². The van der Waals surface area contributed by atoms with Gasteiger partial charge in [0.25, 0.3) is 11.8 Å². The normalized spacial score (nSPS) is 10.3. The van der Waals surface area contributed by atoms with Crippen LogP contribution in [-0.2, 0) is 0 Å². The predicted molar refractivity (Wildman–Crippen MR) is 97.6 cm³/mol. The van der Waals surface area contributed by atoms with E-state index in [2.05, 4.69) is 5.32 Å². The summed E-state index contributed by atoms with van der Waals surface area (Å²) in [7, 11) is 0. The van der Waals surface area contributed by atoms with Gasteiger partial charge >= 0.3 is 0 Å². The molecule has 0 bridgehead atoms. The maximum absolute atomic E-state index is 12.5. The molecule has 24 heavy (non-hydrogen) atoms. The number of hydrogen-bond acceptors (Lipinski definition) is 2. The Morgan fingerprint density at radius 1 is 0.958 bits per heavy atom. The fourth-order valence-corrected chi connectivity index (χ4v) is 2.64. The summed E-state index contributed by atoms with van der Waals surface area (Å²) >= 11 is 0. The lowest BCUT2D eigenvalue weighted by atomic mass is 10.1. The molecule has 0 saturated heterocycles. The molecule has 0 fully saturated rings. The molecule has 2 amide bonds. The Bertz CT molecular complexity index is 749. The lowest BCUT2D eigenvalue weighted by Crippen LogP contribution is -2.30. The van der Waals surface area contributed by atoms with Crippen molar-refractivity contribution in [3.8, 4) is 0 Å². The lowest BCUT2D eigenvalue weighted by molar-refractivity contribution is 0.0773. The highest BCUT2D eigenvalue weighted by Gasteiger charge is 2.15. The Morgan fingerprint density at radius 3 is 2.25 bits per heavy atom. The molecular weight excluding hydrogens is 300 g/mol. The van der Waals surface area contributed by atoms with Gasteiger partial charge in [-0.05, 0) is 57.5 Å². The van der Waals surface area contributed by atoms with Gasteiger partial charge < -0.3 is 10.2 Å². The highest BCUT2D eigenvalue weighted by molar-refractivity contribution is 6.06. The van der Waals surface area contributed by atoms with Crippen LogP contribution in [0.2, 0.25) is 0 Å². The number of nitrogens with zero attached hydrogens (tertiary/aromatic N) is 1. The van der Waals surface area contributed by atoms with E-state index in [1.165, 1.54) is 0 Å². The van der Waals surface area contributed by atoms with Crippen LogP contribution in [0, 0.1) is 13.8 Å². The second kappa shape index (κ2) is 7.77. The first-order chi connectivity index (χ1) is 11.5. The van der Waals surface area contributed by atoms with Crippen molar-refractivity contribution in [3.05, 3.63) is 64.7 Å². The molecule has 0 atom stereocenters. The lowest BCUT2D eigenvalue weighted by Gasteiger charge is -2.19. The molecule has 2 rings (SSSR count). The number of carbonyl (C=O) groups excluding carboxylic acids is 2. The fraction of sp³-hybridized carbons (Fsp3) is 0.300. The van der Waals surface area contributed by atoms with Crippen molar-refractivity contribution >= 4 is 17.5 Å². The van der Waals surface area contributed by atoms with Crippen molar-refractivity contribution in [2.75, 3.05) is 18.4 Å². The first kappa shape index (κ1) is 17.7. The zero-order valence-electron chi connectivity index (χ0n) is 14.7. The summed E-state index contributed by atoms with van der Waals surface area (Å²) in [6.45, 7) is 9.16. The number of aryl methyl sites for hydroxylation is 2. The van der Waals surface area contributed by atoms with E-state index in [1.807, 2.05) is 45.9 Å². The molecule has 0 aliphatic heterocycles. The van der Waals surface area contributed by atoms with Crippen LogP contribution < -0.4 is 5.32 Å². The third kappa shape index (κ3) is 4.02. The summed E-state index contributed by atoms with van der Waals surface area (Å²) in [6.07, 6.45) is 0. The quantitative estimate of drug-likeness (QED) is 0.902. The second-order valence-corrected chi connectivity index (χ2v) is 5.83. The van der Waals surface area contributed by atoms with E-state index in [9.17, 15) is 9.59 Å². The van der Waals surface area contributed by atoms with Crippen LogP contribution in [0.15, 0.2) is 42.5 Å². The largest absolute Gasteiger partial charge is 0.339 e. The highest BCUT2D eigenvalue weighted by atomic mass is 16.2. The Labute approximate surface area is 143 Å². The summed E-state index contributed by atoms with van der Waals surface area (Å²) < 4.78 is 0. The maximum atomic E-state index is 12.5. The zero-order chi connectivity index (χ0) is 17.7. The van der Waals surface area contributed by atoms with Gasteiger partial charge in [0.1, 0.15) is 0 Å². The molecule has 0 aliphatic rings. The van der Waals surface area contributed by atoms with E-state index < -0.39 is 0 Å². The average molecular weight is 324 g/mol. The zero-order valence-corrected chi connectivity index (χ0v) is 14.7. The van der Waals surface area contributed by atoms with Gasteiger partial charge in [0.15, 0.2) is 0 Å². The van der Waals surface area contributed by atoms with E-state index in [1.54, 1.807) is 29.2 Å². The van der Waals surface area contributed by atoms with E-state index in [4.69, 9.17) is 0 Å². The molecule has 0 spiro atoms. The Balaban J connectivity index is 2.21. The van der Waals surface area contributed by atoms with Crippen LogP contribution in [0.4, 0.5) is 5.69 Å². The molecule has 1 N–H and O–H groups in total. The number of amides is 2. The van der Waals surface area contributed by atoms with E-state index in [0.29, 0.717) is 24.2 Å². The van der Waals surface area contributed by atoms with Crippen LogP contribution in [0.5, 0.6) is 0 Å². The third-order valence-electron chi connectivity index (χ3n) is 4.05. The fourth-order valence-electron chi connectivity index (χ4n) is 2.64. The summed E-state index contributed by atoms with van der Waals surface area (Å²) in [4.78, 5) is 26.7. The molecule has 126 valence electrons. The van der Waals surface area contributed by atoms with Crippen LogP contribution in [-0.4, -0.2) is 29.8 Å². The van der Waals surface area contributed by atoms with Crippen molar-refractivity contribution in [3.63, 3.8) is 0 Å². The Morgan fingerprint density at radius 2 is 1.62 bits per heavy atom. The van der Waals surface area contributed by atoms with E-state index in [-0.39, 0.29) is 11.8 Å². The molecule has 4 heteroatoms. The summed E-state index contributed by atoms with van der Waals surface area (Å²) in [5.41, 5.74) is 3.96. The van der Waals surface area contributed by atoms with Gasteiger partial charge in [-0.1, -0.05) is 23.8 Å². The van der Waals surface area contributed by atoms with Gasteiger partial charge in [-0.25, -0.2) is 0 Å². The van der Waals surface area contributed by atoms with Gasteiger partial charge in [0, 0.05) is 29.9 Å². The molecule has 0 heterocycles. The Kier molecular flexibility index (Phi) is 5.74. The van der Waals surface area contributed by atoms with Gasteiger partial charge in [-0.15, -0.1) is 0 Å². The van der Waals surface area contributed by atoms with Crippen molar-refractivity contribution in [1.29, 1.82) is 0 Å². The molecule has 2 aromatic carbocycles. The number of carbonyl (C=O) groups is 2. The first-order valence-corrected chi connectivity index (χ1v) is 8.24. The van der Waals surface area contributed by atoms with Gasteiger partial charge in [0.2, 0.25) is 0 Å². The van der Waals surface area contributed by atoms with Gasteiger partial charge in [-0.3, -0.25) is 9.59 Å². The molecule has 4 nitrogen and oxygen atoms in total. The minimum Gasteiger partial charge on any atom is -0.339 e. The van der Waals surface area contributed by atoms with Crippen molar-refractivity contribution in [2.24, 2.45) is 0 Å². The summed E-state index contributed by atoms with van der Waals surface area (Å²) in [5, 5.41) is 2.91. The number of anilines is 1. The summed E-state index contributed by atoms with van der Waals surface area (Å²) in [6, 6.07) is 12.7. The monoisotopic (exact) mass is 324 g/mol. The molecule has 0 saturated carbocycles. The SMILES string of the molecule is CCN(CC)C(=O)c1cccc(C(=O)Nc2ccc(C)cc2C)c1. The molecule has 0 aromatic heterocycles. The minimum atomic E-state index is -0.212. The highest BCUT2D eigenvalue weighted by Crippen LogP contribution is 2.18. The van der Waals surface area contributed by atoms with Crippen LogP contribution in [0.3, 0.4) is 0 Å². The maximum Gasteiger partial charge on any atom is 0.255 e. The van der Waals surface area contributed by atoms with Gasteiger partial charge in [0.05, 0.1) is 0 Å². The molecule has 2 aromatic rings. The number of benzene rings is 2. The molecule has 0 unspecified atom stereocenters. The van der Waals surface area contributed by atoms with Crippen molar-refractivity contribution < 1.29 is 9.59 Å². The van der Waals surface area contributed by atoms with Crippen LogP contribution in [0.25, 0.3) is 0 Å². The average Bonchev–Trinajstić information content (AvgIpc) is 2.58. The topological polar surface area (TPSA) is 49.4 Å². The molecular formula is C20H24N2O2.